The molecular formula is C16H18IN3O3. The van der Waals surface area contributed by atoms with Crippen molar-refractivity contribution in [3.05, 3.63) is 45.3 Å². The Morgan fingerprint density at radius 1 is 1.30 bits per heavy atom. The minimum absolute atomic E-state index is 0.0846. The maximum atomic E-state index is 12.5. The van der Waals surface area contributed by atoms with Gasteiger partial charge in [0.05, 0.1) is 12.1 Å². The average molecular weight is 427 g/mol. The maximum Gasteiger partial charge on any atom is 0.359 e. The highest BCUT2D eigenvalue weighted by molar-refractivity contribution is 14.1. The molecule has 2 aromatic rings. The molecule has 0 aliphatic heterocycles. The summed E-state index contributed by atoms with van der Waals surface area (Å²) in [4.78, 5) is 12.5. The summed E-state index contributed by atoms with van der Waals surface area (Å²) < 4.78 is 12.9. The Morgan fingerprint density at radius 3 is 2.65 bits per heavy atom. The highest BCUT2D eigenvalue weighted by Crippen LogP contribution is 2.28. The monoisotopic (exact) mass is 427 g/mol. The SMILES string of the molecule is COC1CC(OC(=O)c2c(I)nnn2[C@H](C)c2ccccc2)C1. The first kappa shape index (κ1) is 16.4. The number of nitrogens with zero attached hydrogens (tertiary/aromatic N) is 3. The smallest absolute Gasteiger partial charge is 0.359 e. The van der Waals surface area contributed by atoms with Crippen LogP contribution in [0.15, 0.2) is 30.3 Å². The summed E-state index contributed by atoms with van der Waals surface area (Å²) >= 11 is 2.02. The van der Waals surface area contributed by atoms with Crippen molar-refractivity contribution in [2.24, 2.45) is 0 Å². The zero-order valence-electron chi connectivity index (χ0n) is 13.0. The van der Waals surface area contributed by atoms with Gasteiger partial charge < -0.3 is 9.47 Å². The van der Waals surface area contributed by atoms with Crippen LogP contribution in [0, 0.1) is 3.70 Å². The fourth-order valence-electron chi connectivity index (χ4n) is 2.61. The number of carbonyl (C=O) groups is 1. The van der Waals surface area contributed by atoms with E-state index < -0.39 is 0 Å². The molecule has 1 heterocycles. The van der Waals surface area contributed by atoms with Crippen molar-refractivity contribution in [3.63, 3.8) is 0 Å². The van der Waals surface area contributed by atoms with Gasteiger partial charge in [-0.05, 0) is 35.1 Å². The number of benzene rings is 1. The van der Waals surface area contributed by atoms with Crippen molar-refractivity contribution < 1.29 is 14.3 Å². The predicted molar refractivity (Wildman–Crippen MR) is 92.2 cm³/mol. The first-order valence-corrected chi connectivity index (χ1v) is 8.57. The molecule has 0 saturated heterocycles. The Bertz CT molecular complexity index is 683. The number of hydrogen-bond donors (Lipinski definition) is 0. The molecule has 0 unspecified atom stereocenters. The number of ether oxygens (including phenoxy) is 2. The molecule has 6 nitrogen and oxygen atoms in total. The van der Waals surface area contributed by atoms with Crippen LogP contribution in [0.1, 0.15) is 41.9 Å². The highest BCUT2D eigenvalue weighted by atomic mass is 127. The van der Waals surface area contributed by atoms with Gasteiger partial charge in [-0.1, -0.05) is 35.5 Å². The lowest BCUT2D eigenvalue weighted by Gasteiger charge is -2.33. The van der Waals surface area contributed by atoms with E-state index in [1.807, 2.05) is 59.8 Å². The highest BCUT2D eigenvalue weighted by Gasteiger charge is 2.34. The van der Waals surface area contributed by atoms with Crippen LogP contribution in [0.3, 0.4) is 0 Å². The lowest BCUT2D eigenvalue weighted by molar-refractivity contribution is -0.0646. The molecule has 0 spiro atoms. The maximum absolute atomic E-state index is 12.5. The molecule has 1 aromatic carbocycles. The van der Waals surface area contributed by atoms with E-state index in [1.165, 1.54) is 0 Å². The quantitative estimate of drug-likeness (QED) is 0.543. The van der Waals surface area contributed by atoms with Gasteiger partial charge in [-0.15, -0.1) is 5.10 Å². The van der Waals surface area contributed by atoms with Crippen LogP contribution in [-0.4, -0.2) is 40.3 Å². The van der Waals surface area contributed by atoms with Crippen molar-refractivity contribution in [2.75, 3.05) is 7.11 Å². The summed E-state index contributed by atoms with van der Waals surface area (Å²) in [5, 5.41) is 8.17. The second-order valence-corrected chi connectivity index (χ2v) is 6.64. The van der Waals surface area contributed by atoms with Crippen LogP contribution in [0.2, 0.25) is 0 Å². The molecule has 23 heavy (non-hydrogen) atoms. The Labute approximate surface area is 148 Å². The van der Waals surface area contributed by atoms with Crippen LogP contribution in [0.25, 0.3) is 0 Å². The van der Waals surface area contributed by atoms with Gasteiger partial charge in [0.2, 0.25) is 0 Å². The van der Waals surface area contributed by atoms with E-state index in [-0.39, 0.29) is 24.2 Å². The third-order valence-electron chi connectivity index (χ3n) is 4.15. The Morgan fingerprint density at radius 2 is 2.00 bits per heavy atom. The van der Waals surface area contributed by atoms with Crippen LogP contribution in [-0.2, 0) is 9.47 Å². The van der Waals surface area contributed by atoms with Gasteiger partial charge in [0.1, 0.15) is 6.10 Å². The first-order valence-electron chi connectivity index (χ1n) is 7.49. The predicted octanol–water partition coefficient (Wildman–Crippen LogP) is 2.83. The number of methoxy groups -OCH3 is 1. The van der Waals surface area contributed by atoms with Gasteiger partial charge in [-0.25, -0.2) is 9.48 Å². The van der Waals surface area contributed by atoms with Crippen LogP contribution in [0.5, 0.6) is 0 Å². The van der Waals surface area contributed by atoms with E-state index in [0.29, 0.717) is 9.39 Å². The summed E-state index contributed by atoms with van der Waals surface area (Å²) in [6.45, 7) is 1.99. The number of aromatic nitrogens is 3. The Hall–Kier alpha value is -1.48. The number of rotatable bonds is 5. The third-order valence-corrected chi connectivity index (χ3v) is 4.88. The van der Waals surface area contributed by atoms with E-state index in [4.69, 9.17) is 9.47 Å². The minimum atomic E-state index is -0.373. The van der Waals surface area contributed by atoms with Gasteiger partial charge in [0.25, 0.3) is 0 Å². The van der Waals surface area contributed by atoms with Gasteiger partial charge in [-0.3, -0.25) is 0 Å². The molecule has 3 rings (SSSR count). The molecule has 1 fully saturated rings. The Balaban J connectivity index is 1.77. The standard InChI is InChI=1S/C16H18IN3O3/c1-10(11-6-4-3-5-7-11)20-14(15(17)18-19-20)16(21)23-13-8-12(9-13)22-2/h3-7,10,12-13H,8-9H2,1-2H3/t10-,12?,13?/m1/s1. The molecule has 0 radical (unpaired) electrons. The van der Waals surface area contributed by atoms with E-state index in [9.17, 15) is 4.79 Å². The molecule has 1 aromatic heterocycles. The molecule has 1 aliphatic carbocycles. The molecule has 0 N–H and O–H groups in total. The van der Waals surface area contributed by atoms with Crippen molar-refractivity contribution in [1.82, 2.24) is 15.0 Å². The van der Waals surface area contributed by atoms with Gasteiger partial charge in [-0.2, -0.15) is 0 Å². The topological polar surface area (TPSA) is 66.2 Å². The molecule has 1 saturated carbocycles. The number of esters is 1. The van der Waals surface area contributed by atoms with Gasteiger partial charge >= 0.3 is 5.97 Å². The fourth-order valence-corrected chi connectivity index (χ4v) is 3.17. The molecule has 1 aliphatic rings. The summed E-state index contributed by atoms with van der Waals surface area (Å²) in [6, 6.07) is 9.80. The zero-order chi connectivity index (χ0) is 16.4. The van der Waals surface area contributed by atoms with E-state index in [2.05, 4.69) is 10.3 Å². The molecule has 1 atom stereocenters. The largest absolute Gasteiger partial charge is 0.457 e. The fraction of sp³-hybridized carbons (Fsp3) is 0.438. The van der Waals surface area contributed by atoms with Gasteiger partial charge in [0, 0.05) is 20.0 Å². The summed E-state index contributed by atoms with van der Waals surface area (Å²) in [6.07, 6.45) is 1.60. The normalized spacial score (nSPS) is 21.5. The van der Waals surface area contributed by atoms with Crippen molar-refractivity contribution >= 4 is 28.6 Å². The van der Waals surface area contributed by atoms with Crippen LogP contribution < -0.4 is 0 Å². The second kappa shape index (κ2) is 6.96. The van der Waals surface area contributed by atoms with Crippen molar-refractivity contribution in [1.29, 1.82) is 0 Å². The number of halogens is 1. The second-order valence-electron chi connectivity index (χ2n) is 5.62. The van der Waals surface area contributed by atoms with E-state index in [1.54, 1.807) is 11.8 Å². The summed E-state index contributed by atoms with van der Waals surface area (Å²) in [7, 11) is 1.67. The van der Waals surface area contributed by atoms with E-state index in [0.717, 1.165) is 18.4 Å². The minimum Gasteiger partial charge on any atom is -0.457 e. The molecule has 0 bridgehead atoms. The summed E-state index contributed by atoms with van der Waals surface area (Å²) in [5.41, 5.74) is 1.47. The van der Waals surface area contributed by atoms with Crippen LogP contribution in [0.4, 0.5) is 0 Å². The lowest BCUT2D eigenvalue weighted by Crippen LogP contribution is -2.38. The number of hydrogen-bond acceptors (Lipinski definition) is 5. The first-order chi connectivity index (χ1) is 11.1. The molecular weight excluding hydrogens is 409 g/mol. The lowest BCUT2D eigenvalue weighted by atomic mass is 9.92. The molecule has 7 heteroatoms. The van der Waals surface area contributed by atoms with Crippen molar-refractivity contribution in [3.8, 4) is 0 Å². The van der Waals surface area contributed by atoms with Crippen molar-refractivity contribution in [2.45, 2.75) is 38.0 Å². The average Bonchev–Trinajstić information content (AvgIpc) is 2.92. The van der Waals surface area contributed by atoms with Gasteiger partial charge in [0.15, 0.2) is 9.39 Å². The Kier molecular flexibility index (Phi) is 4.96. The van der Waals surface area contributed by atoms with E-state index >= 15 is 0 Å². The summed E-state index contributed by atoms with van der Waals surface area (Å²) in [5.74, 6) is -0.373. The van der Waals surface area contributed by atoms with Crippen LogP contribution >= 0.6 is 22.6 Å². The molecule has 122 valence electrons. The third kappa shape index (κ3) is 3.40. The number of carbonyl (C=O) groups excluding carboxylic acids is 1. The molecule has 0 amide bonds. The zero-order valence-corrected chi connectivity index (χ0v) is 15.1.